The molecule has 2 bridgehead atoms. The van der Waals surface area contributed by atoms with E-state index in [-0.39, 0.29) is 30.6 Å². The molecule has 2 amide bonds. The summed E-state index contributed by atoms with van der Waals surface area (Å²) >= 11 is 0. The zero-order valence-electron chi connectivity index (χ0n) is 29.8. The molecule has 0 radical (unpaired) electrons. The van der Waals surface area contributed by atoms with Crippen molar-refractivity contribution in [3.8, 4) is 0 Å². The molecule has 0 spiro atoms. The summed E-state index contributed by atoms with van der Waals surface area (Å²) in [7, 11) is 0. The number of carbonyl (C=O) groups excluding carboxylic acids is 2. The molecule has 3 fully saturated rings. The van der Waals surface area contributed by atoms with E-state index in [4.69, 9.17) is 15.2 Å². The zero-order valence-corrected chi connectivity index (χ0v) is 29.8. The van der Waals surface area contributed by atoms with Gasteiger partial charge in [-0.15, -0.1) is 0 Å². The number of rotatable bonds is 13. The van der Waals surface area contributed by atoms with Crippen molar-refractivity contribution in [2.75, 3.05) is 29.5 Å². The maximum atomic E-state index is 12.7. The number of nitrogens with one attached hydrogen (secondary N) is 2. The molecule has 50 heavy (non-hydrogen) atoms. The molecular formula is C41H54N4O5. The van der Waals surface area contributed by atoms with Crippen LogP contribution in [0.25, 0.3) is 0 Å². The highest BCUT2D eigenvalue weighted by molar-refractivity contribution is 5.93. The molecule has 1 saturated carbocycles. The molecule has 3 aliphatic rings. The normalized spacial score (nSPS) is 26.0. The molecule has 2 aliphatic heterocycles. The second-order valence-electron chi connectivity index (χ2n) is 15.9. The van der Waals surface area contributed by atoms with Gasteiger partial charge in [0.1, 0.15) is 0 Å². The van der Waals surface area contributed by atoms with Crippen LogP contribution in [0.4, 0.5) is 17.1 Å². The number of benzene rings is 3. The summed E-state index contributed by atoms with van der Waals surface area (Å²) in [6.45, 7) is 9.27. The van der Waals surface area contributed by atoms with E-state index in [9.17, 15) is 14.7 Å². The van der Waals surface area contributed by atoms with E-state index in [2.05, 4.69) is 48.4 Å². The summed E-state index contributed by atoms with van der Waals surface area (Å²) in [5, 5.41) is 15.4. The number of ether oxygens (including phenoxy) is 2. The molecule has 9 nitrogen and oxygen atoms in total. The van der Waals surface area contributed by atoms with Gasteiger partial charge in [-0.2, -0.15) is 0 Å². The third-order valence-electron chi connectivity index (χ3n) is 10.6. The Balaban J connectivity index is 1.02. The fourth-order valence-corrected chi connectivity index (χ4v) is 8.60. The molecule has 2 saturated heterocycles. The summed E-state index contributed by atoms with van der Waals surface area (Å²) in [4.78, 5) is 27.6. The first-order valence-corrected chi connectivity index (χ1v) is 18.3. The van der Waals surface area contributed by atoms with E-state index in [1.165, 1.54) is 19.3 Å². The number of nitrogens with zero attached hydrogens (tertiary/aromatic N) is 1. The second-order valence-corrected chi connectivity index (χ2v) is 15.9. The number of nitrogen functional groups attached to an aromatic ring is 1. The largest absolute Gasteiger partial charge is 0.397 e. The Morgan fingerprint density at radius 1 is 0.860 bits per heavy atom. The van der Waals surface area contributed by atoms with Crippen molar-refractivity contribution in [3.05, 3.63) is 89.5 Å². The lowest BCUT2D eigenvalue weighted by molar-refractivity contribution is -0.253. The van der Waals surface area contributed by atoms with Gasteiger partial charge < -0.3 is 30.9 Å². The van der Waals surface area contributed by atoms with Gasteiger partial charge in [0, 0.05) is 49.6 Å². The van der Waals surface area contributed by atoms with E-state index in [1.807, 2.05) is 48.5 Å². The van der Waals surface area contributed by atoms with Crippen LogP contribution in [0.1, 0.15) is 108 Å². The minimum Gasteiger partial charge on any atom is -0.397 e. The first-order valence-electron chi connectivity index (χ1n) is 18.3. The first-order chi connectivity index (χ1) is 24.0. The number of hydrogen-bond acceptors (Lipinski definition) is 7. The lowest BCUT2D eigenvalue weighted by atomic mass is 9.65. The fourth-order valence-electron chi connectivity index (χ4n) is 8.60. The van der Waals surface area contributed by atoms with E-state index in [0.29, 0.717) is 53.9 Å². The highest BCUT2D eigenvalue weighted by Gasteiger charge is 2.50. The lowest BCUT2D eigenvalue weighted by Crippen LogP contribution is -2.42. The van der Waals surface area contributed by atoms with Crippen molar-refractivity contribution < 1.29 is 24.2 Å². The molecular weight excluding hydrogens is 628 g/mol. The van der Waals surface area contributed by atoms with Crippen LogP contribution < -0.4 is 16.4 Å². The van der Waals surface area contributed by atoms with Crippen LogP contribution >= 0.6 is 0 Å². The van der Waals surface area contributed by atoms with Gasteiger partial charge in [0.15, 0.2) is 6.29 Å². The first kappa shape index (κ1) is 36.0. The van der Waals surface area contributed by atoms with Crippen LogP contribution in [0.3, 0.4) is 0 Å². The molecule has 5 unspecified atom stereocenters. The maximum Gasteiger partial charge on any atom is 0.224 e. The number of likely N-dealkylation sites (tertiary alicyclic amines) is 1. The Hall–Kier alpha value is -3.76. The quantitative estimate of drug-likeness (QED) is 0.107. The summed E-state index contributed by atoms with van der Waals surface area (Å²) in [5.41, 5.74) is 11.4. The molecule has 0 aromatic heterocycles. The van der Waals surface area contributed by atoms with Gasteiger partial charge >= 0.3 is 0 Å². The van der Waals surface area contributed by atoms with Gasteiger partial charge in [-0.3, -0.25) is 14.5 Å². The van der Waals surface area contributed by atoms with Crippen LogP contribution in [0.5, 0.6) is 0 Å². The summed E-state index contributed by atoms with van der Waals surface area (Å²) in [6.07, 6.45) is 6.77. The highest BCUT2D eigenvalue weighted by Crippen LogP contribution is 2.53. The van der Waals surface area contributed by atoms with Crippen LogP contribution in [0.2, 0.25) is 0 Å². The predicted molar refractivity (Wildman–Crippen MR) is 197 cm³/mol. The maximum absolute atomic E-state index is 12.7. The minimum atomic E-state index is -0.537. The fraction of sp³-hybridized carbons (Fsp3) is 0.512. The molecule has 5 atom stereocenters. The van der Waals surface area contributed by atoms with Crippen molar-refractivity contribution >= 4 is 28.9 Å². The summed E-state index contributed by atoms with van der Waals surface area (Å²) in [6, 6.07) is 23.6. The Labute approximate surface area is 296 Å². The molecule has 3 aromatic rings. The van der Waals surface area contributed by atoms with Crippen molar-refractivity contribution in [1.82, 2.24) is 4.90 Å². The Kier molecular flexibility index (Phi) is 11.3. The standard InChI is InChI=1S/C41H54N4O5/c1-40(2)22-32-23-41(3,26-40)27-45(32)24-33-21-36(29-15-13-28(25-46)14-16-29)50-39(49-33)30-17-19-31(20-18-30)43-37(47)11-5-4-6-12-38(48)44-35-10-8-7-9-34(35)42/h7-10,13-20,32-33,36,39,46H,4-6,11-12,21-27,42H2,1-3H3,(H,43,47)(H,44,48). The zero-order chi connectivity index (χ0) is 35.3. The third-order valence-corrected chi connectivity index (χ3v) is 10.6. The number of para-hydroxylation sites is 2. The number of hydrogen-bond donors (Lipinski definition) is 4. The molecule has 9 heteroatoms. The van der Waals surface area contributed by atoms with Gasteiger partial charge in [-0.25, -0.2) is 0 Å². The third kappa shape index (κ3) is 9.31. The summed E-state index contributed by atoms with van der Waals surface area (Å²) < 4.78 is 13.3. The average Bonchev–Trinajstić information content (AvgIpc) is 3.32. The van der Waals surface area contributed by atoms with E-state index < -0.39 is 6.29 Å². The van der Waals surface area contributed by atoms with Crippen molar-refractivity contribution in [2.45, 2.75) is 110 Å². The van der Waals surface area contributed by atoms with Gasteiger partial charge in [-0.1, -0.05) is 75.7 Å². The monoisotopic (exact) mass is 682 g/mol. The molecule has 3 aromatic carbocycles. The second kappa shape index (κ2) is 15.6. The molecule has 2 heterocycles. The number of amides is 2. The van der Waals surface area contributed by atoms with E-state index in [1.54, 1.807) is 12.1 Å². The van der Waals surface area contributed by atoms with Gasteiger partial charge in [0.25, 0.3) is 0 Å². The Bertz CT molecular complexity index is 1610. The smallest absolute Gasteiger partial charge is 0.224 e. The van der Waals surface area contributed by atoms with E-state index >= 15 is 0 Å². The molecule has 268 valence electrons. The van der Waals surface area contributed by atoms with Crippen LogP contribution in [-0.2, 0) is 25.7 Å². The summed E-state index contributed by atoms with van der Waals surface area (Å²) in [5.74, 6) is -0.129. The van der Waals surface area contributed by atoms with Gasteiger partial charge in [0.2, 0.25) is 11.8 Å². The molecule has 5 N–H and O–H groups in total. The average molecular weight is 683 g/mol. The Morgan fingerprint density at radius 2 is 1.54 bits per heavy atom. The van der Waals surface area contributed by atoms with Crippen LogP contribution in [0.15, 0.2) is 72.8 Å². The van der Waals surface area contributed by atoms with Crippen molar-refractivity contribution in [3.63, 3.8) is 0 Å². The van der Waals surface area contributed by atoms with Crippen LogP contribution in [0, 0.1) is 10.8 Å². The van der Waals surface area contributed by atoms with Crippen molar-refractivity contribution in [1.29, 1.82) is 0 Å². The number of unbranched alkanes of at least 4 members (excludes halogenated alkanes) is 2. The topological polar surface area (TPSA) is 126 Å². The van der Waals surface area contributed by atoms with Crippen molar-refractivity contribution in [2.24, 2.45) is 10.8 Å². The van der Waals surface area contributed by atoms with Crippen LogP contribution in [-0.4, -0.2) is 47.1 Å². The van der Waals surface area contributed by atoms with E-state index in [0.717, 1.165) is 48.3 Å². The molecule has 1 aliphatic carbocycles. The number of fused-ring (bicyclic) bond motifs is 2. The minimum absolute atomic E-state index is 0.00394. The van der Waals surface area contributed by atoms with Gasteiger partial charge in [0.05, 0.1) is 30.2 Å². The number of nitrogens with two attached hydrogens (primary N) is 1. The molecule has 6 rings (SSSR count). The number of aliphatic hydroxyl groups excluding tert-OH is 1. The van der Waals surface area contributed by atoms with Gasteiger partial charge in [-0.05, 0) is 78.3 Å². The number of anilines is 3. The number of carbonyl (C=O) groups is 2. The number of aliphatic hydroxyl groups is 1. The lowest BCUT2D eigenvalue weighted by Gasteiger charge is -2.41. The predicted octanol–water partition coefficient (Wildman–Crippen LogP) is 7.73. The highest BCUT2D eigenvalue weighted by atomic mass is 16.7. The SMILES string of the molecule is CC1(C)CC2CC(C)(CN2CC2CC(c3ccc(CO)cc3)OC(c3ccc(NC(=O)CCCCCC(=O)Nc4ccccc4N)cc3)O2)C1. The Morgan fingerprint density at radius 3 is 2.24 bits per heavy atom.